The van der Waals surface area contributed by atoms with E-state index in [1.165, 1.54) is 12.3 Å². The first-order valence-corrected chi connectivity index (χ1v) is 3.12. The number of pyridine rings is 1. The molecule has 0 aliphatic rings. The van der Waals surface area contributed by atoms with E-state index in [9.17, 15) is 4.79 Å². The first-order valence-electron chi connectivity index (χ1n) is 2.74. The molecule has 1 aromatic heterocycles. The number of H-pyrrole nitrogens is 1. The summed E-state index contributed by atoms with van der Waals surface area (Å²) in [5.41, 5.74) is 0.308. The minimum atomic E-state index is -0.185. The normalized spacial score (nSPS) is 9.30. The summed E-state index contributed by atoms with van der Waals surface area (Å²) < 4.78 is 0. The molecule has 0 aromatic carbocycles. The van der Waals surface area contributed by atoms with Crippen molar-refractivity contribution in [2.24, 2.45) is 0 Å². The molecule has 3 heteroatoms. The quantitative estimate of drug-likeness (QED) is 0.658. The van der Waals surface area contributed by atoms with E-state index >= 15 is 0 Å². The standard InChI is InChI=1S/C7H6ClNO/c1-2-5-3-9-4-6(8)7(5)10/h2-4H,1H2,(H,9,10). The monoisotopic (exact) mass is 155 g/mol. The van der Waals surface area contributed by atoms with Crippen molar-refractivity contribution >= 4 is 17.7 Å². The second kappa shape index (κ2) is 2.71. The van der Waals surface area contributed by atoms with Gasteiger partial charge in [0.15, 0.2) is 0 Å². The average Bonchev–Trinajstić information content (AvgIpc) is 1.95. The molecule has 0 saturated heterocycles. The van der Waals surface area contributed by atoms with Crippen molar-refractivity contribution in [2.75, 3.05) is 0 Å². The average molecular weight is 156 g/mol. The van der Waals surface area contributed by atoms with E-state index in [1.54, 1.807) is 6.20 Å². The van der Waals surface area contributed by atoms with Gasteiger partial charge in [0, 0.05) is 18.0 Å². The second-order valence-corrected chi connectivity index (χ2v) is 2.20. The van der Waals surface area contributed by atoms with Crippen molar-refractivity contribution in [1.29, 1.82) is 0 Å². The molecule has 0 radical (unpaired) electrons. The smallest absolute Gasteiger partial charge is 0.207 e. The lowest BCUT2D eigenvalue weighted by Gasteiger charge is -1.90. The van der Waals surface area contributed by atoms with Crippen LogP contribution >= 0.6 is 11.6 Å². The Morgan fingerprint density at radius 2 is 2.30 bits per heavy atom. The Balaban J connectivity index is 3.42. The van der Waals surface area contributed by atoms with Crippen LogP contribution in [-0.4, -0.2) is 4.98 Å². The third kappa shape index (κ3) is 1.11. The molecule has 2 nitrogen and oxygen atoms in total. The van der Waals surface area contributed by atoms with Gasteiger partial charge in [-0.3, -0.25) is 4.79 Å². The maximum absolute atomic E-state index is 11.0. The van der Waals surface area contributed by atoms with Gasteiger partial charge in [0.05, 0.1) is 0 Å². The van der Waals surface area contributed by atoms with Crippen molar-refractivity contribution in [3.05, 3.63) is 39.8 Å². The minimum Gasteiger partial charge on any atom is -0.366 e. The highest BCUT2D eigenvalue weighted by molar-refractivity contribution is 6.30. The van der Waals surface area contributed by atoms with E-state index < -0.39 is 0 Å². The first kappa shape index (κ1) is 7.09. The molecule has 1 aromatic rings. The van der Waals surface area contributed by atoms with E-state index in [2.05, 4.69) is 11.6 Å². The number of aromatic nitrogens is 1. The van der Waals surface area contributed by atoms with E-state index in [0.717, 1.165) is 0 Å². The number of rotatable bonds is 1. The van der Waals surface area contributed by atoms with Crippen LogP contribution in [0.15, 0.2) is 23.8 Å². The molecule has 0 spiro atoms. The van der Waals surface area contributed by atoms with Crippen molar-refractivity contribution < 1.29 is 0 Å². The van der Waals surface area contributed by atoms with E-state index in [4.69, 9.17) is 11.6 Å². The van der Waals surface area contributed by atoms with Crippen LogP contribution in [0.1, 0.15) is 5.56 Å². The Kier molecular flexibility index (Phi) is 1.92. The molecule has 10 heavy (non-hydrogen) atoms. The largest absolute Gasteiger partial charge is 0.366 e. The SMILES string of the molecule is C=Cc1c[nH]cc(Cl)c1=O. The van der Waals surface area contributed by atoms with E-state index in [1.807, 2.05) is 0 Å². The fourth-order valence-electron chi connectivity index (χ4n) is 0.625. The summed E-state index contributed by atoms with van der Waals surface area (Å²) in [5.74, 6) is 0. The van der Waals surface area contributed by atoms with Gasteiger partial charge in [-0.25, -0.2) is 0 Å². The Hall–Kier alpha value is -1.02. The zero-order valence-electron chi connectivity index (χ0n) is 5.23. The van der Waals surface area contributed by atoms with Crippen LogP contribution in [0.3, 0.4) is 0 Å². The molecule has 1 N–H and O–H groups in total. The molecule has 1 rings (SSSR count). The third-order valence-corrected chi connectivity index (χ3v) is 1.43. The molecule has 0 bridgehead atoms. The number of halogens is 1. The van der Waals surface area contributed by atoms with Gasteiger partial charge in [0.1, 0.15) is 5.02 Å². The highest BCUT2D eigenvalue weighted by Crippen LogP contribution is 2.00. The molecule has 0 unspecified atom stereocenters. The molecule has 0 amide bonds. The predicted octanol–water partition coefficient (Wildman–Crippen LogP) is 1.67. The Bertz CT molecular complexity index is 303. The summed E-state index contributed by atoms with van der Waals surface area (Å²) in [6.07, 6.45) is 4.46. The summed E-state index contributed by atoms with van der Waals surface area (Å²) in [5, 5.41) is 0.192. The van der Waals surface area contributed by atoms with Crippen LogP contribution < -0.4 is 5.43 Å². The molecule has 0 aliphatic heterocycles. The predicted molar refractivity (Wildman–Crippen MR) is 42.2 cm³/mol. The summed E-state index contributed by atoms with van der Waals surface area (Å²) in [6.45, 7) is 3.45. The lowest BCUT2D eigenvalue weighted by atomic mass is 10.3. The van der Waals surface area contributed by atoms with Gasteiger partial charge in [-0.2, -0.15) is 0 Å². The van der Waals surface area contributed by atoms with Gasteiger partial charge in [-0.1, -0.05) is 24.3 Å². The Morgan fingerprint density at radius 1 is 1.60 bits per heavy atom. The van der Waals surface area contributed by atoms with Crippen LogP contribution in [-0.2, 0) is 0 Å². The lowest BCUT2D eigenvalue weighted by molar-refractivity contribution is 1.29. The van der Waals surface area contributed by atoms with Crippen molar-refractivity contribution in [3.63, 3.8) is 0 Å². The van der Waals surface area contributed by atoms with Gasteiger partial charge < -0.3 is 4.98 Å². The molecular weight excluding hydrogens is 150 g/mol. The highest BCUT2D eigenvalue weighted by Gasteiger charge is 1.96. The van der Waals surface area contributed by atoms with Gasteiger partial charge in [-0.05, 0) is 0 Å². The van der Waals surface area contributed by atoms with E-state index in [0.29, 0.717) is 5.56 Å². The summed E-state index contributed by atoms with van der Waals surface area (Å²) in [6, 6.07) is 0. The van der Waals surface area contributed by atoms with Crippen LogP contribution in [0.25, 0.3) is 6.08 Å². The van der Waals surface area contributed by atoms with Crippen LogP contribution in [0.5, 0.6) is 0 Å². The zero-order chi connectivity index (χ0) is 7.56. The highest BCUT2D eigenvalue weighted by atomic mass is 35.5. The van der Waals surface area contributed by atoms with Gasteiger partial charge in [-0.15, -0.1) is 0 Å². The third-order valence-electron chi connectivity index (χ3n) is 1.15. The van der Waals surface area contributed by atoms with Crippen LogP contribution in [0.2, 0.25) is 5.02 Å². The summed E-state index contributed by atoms with van der Waals surface area (Å²) in [7, 11) is 0. The molecule has 52 valence electrons. The maximum atomic E-state index is 11.0. The molecule has 0 atom stereocenters. The summed E-state index contributed by atoms with van der Waals surface area (Å²) >= 11 is 5.50. The number of hydrogen-bond acceptors (Lipinski definition) is 1. The number of hydrogen-bond donors (Lipinski definition) is 1. The fourth-order valence-corrected chi connectivity index (χ4v) is 0.797. The Morgan fingerprint density at radius 3 is 2.80 bits per heavy atom. The van der Waals surface area contributed by atoms with Crippen LogP contribution in [0.4, 0.5) is 0 Å². The van der Waals surface area contributed by atoms with Crippen molar-refractivity contribution in [3.8, 4) is 0 Å². The van der Waals surface area contributed by atoms with Crippen LogP contribution in [0, 0.1) is 0 Å². The zero-order valence-corrected chi connectivity index (χ0v) is 5.98. The lowest BCUT2D eigenvalue weighted by Crippen LogP contribution is -2.04. The Labute approximate surface area is 63.2 Å². The van der Waals surface area contributed by atoms with Crippen molar-refractivity contribution in [1.82, 2.24) is 4.98 Å². The van der Waals surface area contributed by atoms with E-state index in [-0.39, 0.29) is 10.5 Å². The molecular formula is C7H6ClNO. The number of aromatic amines is 1. The fraction of sp³-hybridized carbons (Fsp3) is 0. The van der Waals surface area contributed by atoms with Gasteiger partial charge in [0.25, 0.3) is 0 Å². The second-order valence-electron chi connectivity index (χ2n) is 1.79. The molecule has 0 aliphatic carbocycles. The molecule has 0 saturated carbocycles. The summed E-state index contributed by atoms with van der Waals surface area (Å²) in [4.78, 5) is 13.7. The van der Waals surface area contributed by atoms with Gasteiger partial charge >= 0.3 is 0 Å². The maximum Gasteiger partial charge on any atom is 0.207 e. The molecule has 1 heterocycles. The minimum absolute atomic E-state index is 0.185. The van der Waals surface area contributed by atoms with Gasteiger partial charge in [0.2, 0.25) is 5.43 Å². The topological polar surface area (TPSA) is 32.9 Å². The van der Waals surface area contributed by atoms with Crippen molar-refractivity contribution in [2.45, 2.75) is 0 Å². The first-order chi connectivity index (χ1) is 4.75. The number of nitrogens with one attached hydrogen (secondary N) is 1. The molecule has 0 fully saturated rings.